The highest BCUT2D eigenvalue weighted by Crippen LogP contribution is 2.10. The molecule has 2 nitrogen and oxygen atoms in total. The molecule has 58 valence electrons. The first-order valence-corrected chi connectivity index (χ1v) is 4.16. The summed E-state index contributed by atoms with van der Waals surface area (Å²) in [6, 6.07) is 0.303. The molecule has 1 fully saturated rings. The summed E-state index contributed by atoms with van der Waals surface area (Å²) in [4.78, 5) is 2.96. The molecule has 1 aliphatic heterocycles. The molecule has 10 heavy (non-hydrogen) atoms. The average molecular weight is 158 g/mol. The minimum atomic E-state index is 0.303. The molecule has 2 N–H and O–H groups in total. The third-order valence-corrected chi connectivity index (χ3v) is 2.44. The zero-order chi connectivity index (χ0) is 7.56. The third kappa shape index (κ3) is 1.67. The maximum atomic E-state index is 5.51. The Morgan fingerprint density at radius 2 is 2.00 bits per heavy atom. The van der Waals surface area contributed by atoms with Gasteiger partial charge in [-0.15, -0.1) is 0 Å². The van der Waals surface area contributed by atoms with Gasteiger partial charge in [0.15, 0.2) is 0 Å². The predicted octanol–water partition coefficient (Wildman–Crippen LogP) is 0.757. The van der Waals surface area contributed by atoms with Crippen molar-refractivity contribution >= 4 is 17.2 Å². The number of hydrogen-bond acceptors (Lipinski definition) is 2. The second-order valence-electron chi connectivity index (χ2n) is 2.82. The van der Waals surface area contributed by atoms with E-state index in [9.17, 15) is 0 Å². The molecule has 1 unspecified atom stereocenters. The molecule has 0 aromatic rings. The van der Waals surface area contributed by atoms with E-state index in [1.54, 1.807) is 0 Å². The van der Waals surface area contributed by atoms with Gasteiger partial charge in [-0.1, -0.05) is 12.2 Å². The number of thiocarbonyl (C=S) groups is 1. The summed E-state index contributed by atoms with van der Waals surface area (Å²) in [6.45, 7) is 4.41. The molecule has 0 aliphatic carbocycles. The fraction of sp³-hybridized carbons (Fsp3) is 0.857. The molecule has 0 aromatic carbocycles. The average Bonchev–Trinajstić information content (AvgIpc) is 2.36. The van der Waals surface area contributed by atoms with Gasteiger partial charge in [0.25, 0.3) is 0 Å². The van der Waals surface area contributed by atoms with Gasteiger partial charge in [-0.05, 0) is 32.9 Å². The maximum Gasteiger partial charge on any atom is 0.0899 e. The predicted molar refractivity (Wildman–Crippen MR) is 47.1 cm³/mol. The molecule has 0 amide bonds. The molecular formula is C7H14N2S. The second kappa shape index (κ2) is 3.30. The van der Waals surface area contributed by atoms with Gasteiger partial charge in [-0.3, -0.25) is 4.90 Å². The quantitative estimate of drug-likeness (QED) is 0.602. The van der Waals surface area contributed by atoms with E-state index in [1.165, 1.54) is 25.9 Å². The van der Waals surface area contributed by atoms with E-state index >= 15 is 0 Å². The van der Waals surface area contributed by atoms with Gasteiger partial charge in [-0.2, -0.15) is 0 Å². The highest BCUT2D eigenvalue weighted by Gasteiger charge is 2.19. The van der Waals surface area contributed by atoms with Crippen LogP contribution in [0.2, 0.25) is 0 Å². The first-order valence-electron chi connectivity index (χ1n) is 3.75. The van der Waals surface area contributed by atoms with Crippen LogP contribution in [0.1, 0.15) is 19.8 Å². The van der Waals surface area contributed by atoms with Crippen molar-refractivity contribution in [3.05, 3.63) is 0 Å². The molecule has 0 spiro atoms. The molecular weight excluding hydrogens is 144 g/mol. The van der Waals surface area contributed by atoms with E-state index in [1.807, 2.05) is 0 Å². The van der Waals surface area contributed by atoms with Crippen LogP contribution in [0.5, 0.6) is 0 Å². The molecule has 1 saturated heterocycles. The smallest absolute Gasteiger partial charge is 0.0899 e. The standard InChI is InChI=1S/C7H14N2S/c1-6(7(8)10)9-4-2-3-5-9/h6H,2-5H2,1H3,(H2,8,10). The zero-order valence-corrected chi connectivity index (χ0v) is 7.16. The molecule has 1 rings (SSSR count). The molecule has 0 saturated carbocycles. The van der Waals surface area contributed by atoms with Gasteiger partial charge in [0, 0.05) is 0 Å². The minimum absolute atomic E-state index is 0.303. The number of rotatable bonds is 2. The summed E-state index contributed by atoms with van der Waals surface area (Å²) in [5.74, 6) is 0. The maximum absolute atomic E-state index is 5.51. The van der Waals surface area contributed by atoms with Crippen LogP contribution in [0, 0.1) is 0 Å². The Kier molecular flexibility index (Phi) is 2.63. The SMILES string of the molecule is CC(C(N)=S)N1CCCC1. The lowest BCUT2D eigenvalue weighted by atomic mass is 10.3. The number of nitrogens with two attached hydrogens (primary N) is 1. The first kappa shape index (κ1) is 7.95. The van der Waals surface area contributed by atoms with Crippen LogP contribution in [0.4, 0.5) is 0 Å². The van der Waals surface area contributed by atoms with Crippen molar-refractivity contribution in [3.8, 4) is 0 Å². The molecule has 0 radical (unpaired) electrons. The van der Waals surface area contributed by atoms with Crippen molar-refractivity contribution in [2.24, 2.45) is 5.73 Å². The van der Waals surface area contributed by atoms with E-state index in [0.717, 1.165) is 0 Å². The fourth-order valence-corrected chi connectivity index (χ4v) is 1.46. The van der Waals surface area contributed by atoms with Gasteiger partial charge in [0.1, 0.15) is 0 Å². The van der Waals surface area contributed by atoms with E-state index in [2.05, 4.69) is 11.8 Å². The Hall–Kier alpha value is -0.150. The van der Waals surface area contributed by atoms with Gasteiger partial charge in [0.2, 0.25) is 0 Å². The van der Waals surface area contributed by atoms with Gasteiger partial charge >= 0.3 is 0 Å². The summed E-state index contributed by atoms with van der Waals surface area (Å²) < 4.78 is 0. The van der Waals surface area contributed by atoms with Crippen molar-refractivity contribution in [3.63, 3.8) is 0 Å². The van der Waals surface area contributed by atoms with Crippen molar-refractivity contribution in [2.45, 2.75) is 25.8 Å². The van der Waals surface area contributed by atoms with Crippen LogP contribution in [0.3, 0.4) is 0 Å². The topological polar surface area (TPSA) is 29.3 Å². The number of likely N-dealkylation sites (tertiary alicyclic amines) is 1. The lowest BCUT2D eigenvalue weighted by molar-refractivity contribution is 0.316. The molecule has 0 aromatic heterocycles. The first-order chi connectivity index (χ1) is 4.72. The Balaban J connectivity index is 2.39. The van der Waals surface area contributed by atoms with Crippen LogP contribution in [-0.4, -0.2) is 29.0 Å². The number of nitrogens with zero attached hydrogens (tertiary/aromatic N) is 1. The van der Waals surface area contributed by atoms with Gasteiger partial charge in [-0.25, -0.2) is 0 Å². The van der Waals surface area contributed by atoms with Crippen LogP contribution in [0.25, 0.3) is 0 Å². The van der Waals surface area contributed by atoms with Crippen LogP contribution in [-0.2, 0) is 0 Å². The Morgan fingerprint density at radius 3 is 2.40 bits per heavy atom. The minimum Gasteiger partial charge on any atom is -0.392 e. The summed E-state index contributed by atoms with van der Waals surface area (Å²) in [5, 5.41) is 0. The molecule has 1 heterocycles. The van der Waals surface area contributed by atoms with Gasteiger partial charge < -0.3 is 5.73 Å². The van der Waals surface area contributed by atoms with E-state index in [4.69, 9.17) is 18.0 Å². The van der Waals surface area contributed by atoms with Gasteiger partial charge in [0.05, 0.1) is 11.0 Å². The second-order valence-corrected chi connectivity index (χ2v) is 3.29. The molecule has 1 aliphatic rings. The van der Waals surface area contributed by atoms with E-state index in [-0.39, 0.29) is 0 Å². The zero-order valence-electron chi connectivity index (χ0n) is 6.34. The Labute approximate surface area is 67.4 Å². The third-order valence-electron chi connectivity index (χ3n) is 2.10. The highest BCUT2D eigenvalue weighted by molar-refractivity contribution is 7.80. The highest BCUT2D eigenvalue weighted by atomic mass is 32.1. The lowest BCUT2D eigenvalue weighted by Gasteiger charge is -2.21. The van der Waals surface area contributed by atoms with Crippen molar-refractivity contribution in [2.75, 3.05) is 13.1 Å². The van der Waals surface area contributed by atoms with Crippen LogP contribution >= 0.6 is 12.2 Å². The summed E-state index contributed by atoms with van der Waals surface area (Å²) in [6.07, 6.45) is 2.60. The molecule has 3 heteroatoms. The van der Waals surface area contributed by atoms with E-state index in [0.29, 0.717) is 11.0 Å². The Morgan fingerprint density at radius 1 is 1.50 bits per heavy atom. The Bertz CT molecular complexity index is 130. The van der Waals surface area contributed by atoms with Crippen molar-refractivity contribution < 1.29 is 0 Å². The summed E-state index contributed by atoms with van der Waals surface area (Å²) in [7, 11) is 0. The summed E-state index contributed by atoms with van der Waals surface area (Å²) >= 11 is 4.89. The van der Waals surface area contributed by atoms with Crippen LogP contribution < -0.4 is 5.73 Å². The normalized spacial score (nSPS) is 22.9. The largest absolute Gasteiger partial charge is 0.392 e. The monoisotopic (exact) mass is 158 g/mol. The molecule has 0 bridgehead atoms. The lowest BCUT2D eigenvalue weighted by Crippen LogP contribution is -2.39. The van der Waals surface area contributed by atoms with Crippen molar-refractivity contribution in [1.29, 1.82) is 0 Å². The van der Waals surface area contributed by atoms with E-state index < -0.39 is 0 Å². The molecule has 1 atom stereocenters. The van der Waals surface area contributed by atoms with Crippen LogP contribution in [0.15, 0.2) is 0 Å². The number of hydrogen-bond donors (Lipinski definition) is 1. The van der Waals surface area contributed by atoms with Crippen molar-refractivity contribution in [1.82, 2.24) is 4.90 Å². The summed E-state index contributed by atoms with van der Waals surface area (Å²) in [5.41, 5.74) is 5.51. The fourth-order valence-electron chi connectivity index (χ4n) is 1.31.